The fourth-order valence-electron chi connectivity index (χ4n) is 2.05. The van der Waals surface area contributed by atoms with Gasteiger partial charge in [0, 0.05) is 5.38 Å². The van der Waals surface area contributed by atoms with Gasteiger partial charge in [-0.2, -0.15) is 0 Å². The lowest BCUT2D eigenvalue weighted by Gasteiger charge is -2.18. The Bertz CT molecular complexity index is 747. The monoisotopic (exact) mass is 359 g/mol. The maximum atomic E-state index is 11.1. The van der Waals surface area contributed by atoms with E-state index in [2.05, 4.69) is 24.2 Å². The number of benzene rings is 1. The molecule has 1 heterocycles. The van der Waals surface area contributed by atoms with E-state index in [-0.39, 0.29) is 0 Å². The molecule has 0 atom stereocenters. The van der Waals surface area contributed by atoms with Crippen LogP contribution in [-0.2, 0) is 4.79 Å². The number of aliphatic carboxylic acids is 1. The van der Waals surface area contributed by atoms with Gasteiger partial charge >= 0.3 is 5.97 Å². The molecule has 0 radical (unpaired) electrons. The van der Waals surface area contributed by atoms with Crippen molar-refractivity contribution in [2.45, 2.75) is 40.0 Å². The van der Waals surface area contributed by atoms with Crippen LogP contribution in [-0.4, -0.2) is 22.7 Å². The molecule has 0 spiro atoms. The molecule has 0 aliphatic rings. The van der Waals surface area contributed by atoms with Crippen molar-refractivity contribution in [1.29, 1.82) is 0 Å². The highest BCUT2D eigenvalue weighted by molar-refractivity contribution is 7.10. The molecule has 0 aliphatic carbocycles. The van der Waals surface area contributed by atoms with Gasteiger partial charge in [-0.25, -0.2) is 4.98 Å². The van der Waals surface area contributed by atoms with E-state index in [4.69, 9.17) is 9.84 Å². The molecule has 134 valence electrons. The molecule has 0 unspecified atom stereocenters. The van der Waals surface area contributed by atoms with Crippen LogP contribution in [0.4, 0.5) is 0 Å². The first-order chi connectivity index (χ1) is 11.8. The molecule has 1 N–H and O–H groups in total. The summed E-state index contributed by atoms with van der Waals surface area (Å²) in [6.45, 7) is 8.05. The number of carboxylic acids is 1. The summed E-state index contributed by atoms with van der Waals surface area (Å²) in [7, 11) is 0. The zero-order valence-electron chi connectivity index (χ0n) is 15.2. The fourth-order valence-corrected chi connectivity index (χ4v) is 2.92. The van der Waals surface area contributed by atoms with Gasteiger partial charge in [-0.15, -0.1) is 11.3 Å². The van der Waals surface area contributed by atoms with Gasteiger partial charge in [-0.3, -0.25) is 4.79 Å². The first kappa shape index (κ1) is 19.2. The molecule has 1 aromatic carbocycles. The maximum absolute atomic E-state index is 11.1. The number of carboxylic acid groups (broad SMARTS) is 1. The third-order valence-corrected chi connectivity index (χ3v) is 4.81. The minimum atomic E-state index is -0.808. The SMILES string of the molecule is CC(C)c1csc(/C=C/c2cccc(OCCC(C)(C)C(=O)O)c2)n1. The molecular weight excluding hydrogens is 334 g/mol. The van der Waals surface area contributed by atoms with Crippen LogP contribution in [0.15, 0.2) is 29.6 Å². The predicted octanol–water partition coefficient (Wildman–Crippen LogP) is 5.32. The quantitative estimate of drug-likeness (QED) is 0.693. The number of ether oxygens (including phenoxy) is 1. The summed E-state index contributed by atoms with van der Waals surface area (Å²) < 4.78 is 5.71. The molecule has 4 nitrogen and oxygen atoms in total. The third-order valence-electron chi connectivity index (χ3n) is 3.98. The summed E-state index contributed by atoms with van der Waals surface area (Å²) >= 11 is 1.64. The molecule has 2 rings (SSSR count). The van der Waals surface area contributed by atoms with Crippen molar-refractivity contribution in [1.82, 2.24) is 4.98 Å². The van der Waals surface area contributed by atoms with Gasteiger partial charge in [0.25, 0.3) is 0 Å². The molecule has 0 amide bonds. The number of aromatic nitrogens is 1. The summed E-state index contributed by atoms with van der Waals surface area (Å²) in [5.74, 6) is 0.368. The highest BCUT2D eigenvalue weighted by Crippen LogP contribution is 2.23. The molecule has 0 fully saturated rings. The second-order valence-electron chi connectivity index (χ2n) is 6.96. The van der Waals surface area contributed by atoms with Crippen molar-refractivity contribution >= 4 is 29.5 Å². The third kappa shape index (κ3) is 5.71. The van der Waals surface area contributed by atoms with E-state index in [1.165, 1.54) is 0 Å². The minimum Gasteiger partial charge on any atom is -0.494 e. The first-order valence-corrected chi connectivity index (χ1v) is 9.25. The van der Waals surface area contributed by atoms with Gasteiger partial charge in [-0.1, -0.05) is 32.1 Å². The Kier molecular flexibility index (Phi) is 6.37. The summed E-state index contributed by atoms with van der Waals surface area (Å²) in [6, 6.07) is 7.76. The zero-order valence-corrected chi connectivity index (χ0v) is 16.0. The largest absolute Gasteiger partial charge is 0.494 e. The number of nitrogens with zero attached hydrogens (tertiary/aromatic N) is 1. The molecule has 25 heavy (non-hydrogen) atoms. The Labute approximate surface area is 153 Å². The second-order valence-corrected chi connectivity index (χ2v) is 7.85. The van der Waals surface area contributed by atoms with E-state index >= 15 is 0 Å². The van der Waals surface area contributed by atoms with Crippen molar-refractivity contribution < 1.29 is 14.6 Å². The van der Waals surface area contributed by atoms with E-state index in [0.717, 1.165) is 22.0 Å². The van der Waals surface area contributed by atoms with E-state index in [1.807, 2.05) is 36.4 Å². The van der Waals surface area contributed by atoms with Crippen LogP contribution in [0.5, 0.6) is 5.75 Å². The summed E-state index contributed by atoms with van der Waals surface area (Å²) in [5, 5.41) is 12.2. The Balaban J connectivity index is 1.96. The lowest BCUT2D eigenvalue weighted by Crippen LogP contribution is -2.25. The van der Waals surface area contributed by atoms with Gasteiger partial charge in [0.05, 0.1) is 17.7 Å². The van der Waals surface area contributed by atoms with Gasteiger partial charge in [-0.05, 0) is 50.0 Å². The highest BCUT2D eigenvalue weighted by Gasteiger charge is 2.26. The van der Waals surface area contributed by atoms with E-state index < -0.39 is 11.4 Å². The van der Waals surface area contributed by atoms with E-state index in [0.29, 0.717) is 18.9 Å². The number of hydrogen-bond donors (Lipinski definition) is 1. The lowest BCUT2D eigenvalue weighted by atomic mass is 9.90. The molecule has 0 aliphatic heterocycles. The van der Waals surface area contributed by atoms with Crippen molar-refractivity contribution in [3.8, 4) is 5.75 Å². The molecular formula is C20H25NO3S. The van der Waals surface area contributed by atoms with Crippen LogP contribution in [0.2, 0.25) is 0 Å². The molecule has 1 aromatic heterocycles. The van der Waals surface area contributed by atoms with Crippen molar-refractivity contribution in [3.63, 3.8) is 0 Å². The normalized spacial score (nSPS) is 12.0. The standard InChI is InChI=1S/C20H25NO3S/c1-14(2)17-13-25-18(21-17)9-8-15-6-5-7-16(12-15)24-11-10-20(3,4)19(22)23/h5-9,12-14H,10-11H2,1-4H3,(H,22,23)/b9-8+. The Morgan fingerprint density at radius 1 is 1.36 bits per heavy atom. The number of hydrogen-bond acceptors (Lipinski definition) is 4. The second kappa shape index (κ2) is 8.30. The number of rotatable bonds is 8. The Morgan fingerprint density at radius 2 is 2.12 bits per heavy atom. The molecule has 0 bridgehead atoms. The lowest BCUT2D eigenvalue weighted by molar-refractivity contribution is -0.147. The predicted molar refractivity (Wildman–Crippen MR) is 103 cm³/mol. The average molecular weight is 359 g/mol. The van der Waals surface area contributed by atoms with Crippen molar-refractivity contribution in [2.24, 2.45) is 5.41 Å². The number of carbonyl (C=O) groups is 1. The first-order valence-electron chi connectivity index (χ1n) is 8.38. The van der Waals surface area contributed by atoms with E-state index in [1.54, 1.807) is 25.2 Å². The number of thiazole rings is 1. The summed E-state index contributed by atoms with van der Waals surface area (Å²) in [5.41, 5.74) is 1.36. The molecule has 0 saturated heterocycles. The average Bonchev–Trinajstić information content (AvgIpc) is 3.02. The topological polar surface area (TPSA) is 59.4 Å². The van der Waals surface area contributed by atoms with Crippen molar-refractivity contribution in [3.05, 3.63) is 45.9 Å². The summed E-state index contributed by atoms with van der Waals surface area (Å²) in [6.07, 6.45) is 4.47. The Morgan fingerprint density at radius 3 is 2.76 bits per heavy atom. The van der Waals surface area contributed by atoms with Gasteiger partial charge < -0.3 is 9.84 Å². The van der Waals surface area contributed by atoms with Crippen LogP contribution in [0.1, 0.15) is 56.3 Å². The summed E-state index contributed by atoms with van der Waals surface area (Å²) in [4.78, 5) is 15.7. The maximum Gasteiger partial charge on any atom is 0.309 e. The molecule has 2 aromatic rings. The van der Waals surface area contributed by atoms with Gasteiger partial charge in [0.2, 0.25) is 0 Å². The van der Waals surface area contributed by atoms with Crippen LogP contribution < -0.4 is 4.74 Å². The van der Waals surface area contributed by atoms with E-state index in [9.17, 15) is 4.79 Å². The van der Waals surface area contributed by atoms with Gasteiger partial charge in [0.15, 0.2) is 0 Å². The van der Waals surface area contributed by atoms with Crippen molar-refractivity contribution in [2.75, 3.05) is 6.61 Å². The fraction of sp³-hybridized carbons (Fsp3) is 0.400. The van der Waals surface area contributed by atoms with Crippen LogP contribution in [0, 0.1) is 5.41 Å². The molecule has 5 heteroatoms. The van der Waals surface area contributed by atoms with Crippen LogP contribution in [0.3, 0.4) is 0 Å². The molecule has 0 saturated carbocycles. The van der Waals surface area contributed by atoms with Crippen LogP contribution >= 0.6 is 11.3 Å². The van der Waals surface area contributed by atoms with Gasteiger partial charge in [0.1, 0.15) is 10.8 Å². The van der Waals surface area contributed by atoms with Crippen LogP contribution in [0.25, 0.3) is 12.2 Å². The zero-order chi connectivity index (χ0) is 18.4. The highest BCUT2D eigenvalue weighted by atomic mass is 32.1. The minimum absolute atomic E-state index is 0.372. The Hall–Kier alpha value is -2.14. The smallest absolute Gasteiger partial charge is 0.309 e.